The second-order valence-electron chi connectivity index (χ2n) is 8.12. The predicted molar refractivity (Wildman–Crippen MR) is 120 cm³/mol. The Morgan fingerprint density at radius 1 is 1.17 bits per heavy atom. The minimum atomic E-state index is -0.220. The van der Waals surface area contributed by atoms with Crippen LogP contribution in [-0.4, -0.2) is 24.5 Å². The van der Waals surface area contributed by atoms with Gasteiger partial charge in [0.2, 0.25) is 11.8 Å². The monoisotopic (exact) mass is 408 g/mol. The van der Waals surface area contributed by atoms with Crippen molar-refractivity contribution < 1.29 is 14.3 Å². The molecular formula is C25H32N2O3. The van der Waals surface area contributed by atoms with Gasteiger partial charge in [0.15, 0.2) is 0 Å². The van der Waals surface area contributed by atoms with Crippen LogP contribution in [0.2, 0.25) is 0 Å². The van der Waals surface area contributed by atoms with Crippen LogP contribution < -0.4 is 15.4 Å². The lowest BCUT2D eigenvalue weighted by molar-refractivity contribution is -0.127. The summed E-state index contributed by atoms with van der Waals surface area (Å²) in [6, 6.07) is 16.1. The maximum Gasteiger partial charge on any atom is 0.227 e. The summed E-state index contributed by atoms with van der Waals surface area (Å²) >= 11 is 0. The second-order valence-corrected chi connectivity index (χ2v) is 8.12. The van der Waals surface area contributed by atoms with Crippen LogP contribution in [-0.2, 0) is 22.4 Å². The van der Waals surface area contributed by atoms with Gasteiger partial charge in [0.1, 0.15) is 12.4 Å². The van der Waals surface area contributed by atoms with Crippen molar-refractivity contribution in [1.29, 1.82) is 0 Å². The molecule has 2 aromatic rings. The molecule has 0 aliphatic carbocycles. The zero-order chi connectivity index (χ0) is 21.3. The van der Waals surface area contributed by atoms with Gasteiger partial charge in [-0.1, -0.05) is 43.7 Å². The maximum absolute atomic E-state index is 12.7. The Kier molecular flexibility index (Phi) is 7.89. The Bertz CT molecular complexity index is 851. The molecule has 30 heavy (non-hydrogen) atoms. The van der Waals surface area contributed by atoms with Crippen LogP contribution in [0.3, 0.4) is 0 Å². The fraction of sp³-hybridized carbons (Fsp3) is 0.440. The first-order chi connectivity index (χ1) is 14.5. The Balaban J connectivity index is 1.52. The van der Waals surface area contributed by atoms with Crippen LogP contribution in [0, 0.1) is 5.92 Å². The zero-order valence-electron chi connectivity index (χ0n) is 17.9. The normalized spacial score (nSPS) is 16.1. The van der Waals surface area contributed by atoms with E-state index in [2.05, 4.69) is 29.7 Å². The third-order valence-electron chi connectivity index (χ3n) is 5.48. The van der Waals surface area contributed by atoms with E-state index in [0.717, 1.165) is 42.7 Å². The SMILES string of the molecule is CCCCC(=O)Nc1ccc2c(c1)C[C@H](C(=O)N[C@@H](C)CCc1ccccc1)CO2. The molecule has 0 saturated carbocycles. The van der Waals surface area contributed by atoms with Crippen LogP contribution in [0.4, 0.5) is 5.69 Å². The lowest BCUT2D eigenvalue weighted by Crippen LogP contribution is -2.41. The highest BCUT2D eigenvalue weighted by Crippen LogP contribution is 2.30. The fourth-order valence-corrected chi connectivity index (χ4v) is 3.66. The fourth-order valence-electron chi connectivity index (χ4n) is 3.66. The molecule has 3 rings (SSSR count). The van der Waals surface area contributed by atoms with E-state index in [1.54, 1.807) is 0 Å². The number of amides is 2. The second kappa shape index (κ2) is 10.8. The molecule has 0 aromatic heterocycles. The van der Waals surface area contributed by atoms with Crippen molar-refractivity contribution in [1.82, 2.24) is 5.32 Å². The number of anilines is 1. The lowest BCUT2D eigenvalue weighted by atomic mass is 9.95. The summed E-state index contributed by atoms with van der Waals surface area (Å²) in [7, 11) is 0. The van der Waals surface area contributed by atoms with Crippen molar-refractivity contribution in [2.24, 2.45) is 5.92 Å². The third-order valence-corrected chi connectivity index (χ3v) is 5.48. The van der Waals surface area contributed by atoms with Crippen LogP contribution in [0.15, 0.2) is 48.5 Å². The molecule has 160 valence electrons. The molecule has 2 N–H and O–H groups in total. The van der Waals surface area contributed by atoms with Gasteiger partial charge in [-0.15, -0.1) is 0 Å². The average Bonchev–Trinajstić information content (AvgIpc) is 2.76. The number of benzene rings is 2. The van der Waals surface area contributed by atoms with E-state index in [1.165, 1.54) is 5.56 Å². The number of ether oxygens (including phenoxy) is 1. The van der Waals surface area contributed by atoms with Gasteiger partial charge < -0.3 is 15.4 Å². The number of carbonyl (C=O) groups is 2. The van der Waals surface area contributed by atoms with Gasteiger partial charge in [0.05, 0.1) is 5.92 Å². The van der Waals surface area contributed by atoms with E-state index in [9.17, 15) is 9.59 Å². The summed E-state index contributed by atoms with van der Waals surface area (Å²) in [5.41, 5.74) is 3.00. The van der Waals surface area contributed by atoms with Crippen molar-refractivity contribution in [3.05, 3.63) is 59.7 Å². The lowest BCUT2D eigenvalue weighted by Gasteiger charge is -2.26. The molecule has 2 aromatic carbocycles. The van der Waals surface area contributed by atoms with Gasteiger partial charge >= 0.3 is 0 Å². The van der Waals surface area contributed by atoms with E-state index >= 15 is 0 Å². The molecule has 1 aliphatic rings. The van der Waals surface area contributed by atoms with E-state index < -0.39 is 0 Å². The van der Waals surface area contributed by atoms with E-state index in [4.69, 9.17) is 4.74 Å². The first-order valence-corrected chi connectivity index (χ1v) is 10.9. The molecule has 2 amide bonds. The Labute approximate surface area is 179 Å². The zero-order valence-corrected chi connectivity index (χ0v) is 17.9. The standard InChI is InChI=1S/C25H32N2O3/c1-3-4-10-24(28)27-22-13-14-23-20(16-22)15-21(17-30-23)25(29)26-18(2)11-12-19-8-6-5-7-9-19/h5-9,13-14,16,18,21H,3-4,10-12,15,17H2,1-2H3,(H,26,29)(H,27,28)/t18-,21-/m0/s1. The molecule has 0 spiro atoms. The number of fused-ring (bicyclic) bond motifs is 1. The van der Waals surface area contributed by atoms with Gasteiger partial charge in [-0.25, -0.2) is 0 Å². The average molecular weight is 409 g/mol. The number of hydrogen-bond acceptors (Lipinski definition) is 3. The quantitative estimate of drug-likeness (QED) is 0.642. The van der Waals surface area contributed by atoms with Gasteiger partial charge in [-0.3, -0.25) is 9.59 Å². The summed E-state index contributed by atoms with van der Waals surface area (Å²) in [5, 5.41) is 6.07. The molecule has 2 atom stereocenters. The molecule has 0 radical (unpaired) electrons. The highest BCUT2D eigenvalue weighted by Gasteiger charge is 2.27. The summed E-state index contributed by atoms with van der Waals surface area (Å²) in [4.78, 5) is 24.7. The summed E-state index contributed by atoms with van der Waals surface area (Å²) in [6.07, 6.45) is 4.85. The molecule has 0 unspecified atom stereocenters. The number of hydrogen-bond donors (Lipinski definition) is 2. The molecule has 0 bridgehead atoms. The van der Waals surface area contributed by atoms with Gasteiger partial charge in [-0.2, -0.15) is 0 Å². The highest BCUT2D eigenvalue weighted by atomic mass is 16.5. The Morgan fingerprint density at radius 3 is 2.73 bits per heavy atom. The summed E-state index contributed by atoms with van der Waals surface area (Å²) < 4.78 is 5.82. The predicted octanol–water partition coefficient (Wildman–Crippen LogP) is 4.50. The minimum Gasteiger partial charge on any atom is -0.492 e. The van der Waals surface area contributed by atoms with Crippen LogP contribution in [0.1, 0.15) is 50.7 Å². The molecule has 1 heterocycles. The topological polar surface area (TPSA) is 67.4 Å². The molecule has 0 fully saturated rings. The van der Waals surface area contributed by atoms with Crippen molar-refractivity contribution in [2.75, 3.05) is 11.9 Å². The smallest absolute Gasteiger partial charge is 0.227 e. The van der Waals surface area contributed by atoms with Crippen LogP contribution in [0.25, 0.3) is 0 Å². The first kappa shape index (κ1) is 21.9. The molecule has 5 nitrogen and oxygen atoms in total. The van der Waals surface area contributed by atoms with E-state index in [0.29, 0.717) is 19.4 Å². The molecule has 5 heteroatoms. The number of rotatable bonds is 9. The van der Waals surface area contributed by atoms with Crippen molar-refractivity contribution in [2.45, 2.75) is 58.4 Å². The van der Waals surface area contributed by atoms with Gasteiger partial charge in [0, 0.05) is 18.2 Å². The third kappa shape index (κ3) is 6.34. The summed E-state index contributed by atoms with van der Waals surface area (Å²) in [5.74, 6) is 0.624. The Morgan fingerprint density at radius 2 is 1.97 bits per heavy atom. The summed E-state index contributed by atoms with van der Waals surface area (Å²) in [6.45, 7) is 4.49. The number of unbranched alkanes of at least 4 members (excludes halogenated alkanes) is 1. The van der Waals surface area contributed by atoms with Crippen molar-refractivity contribution >= 4 is 17.5 Å². The number of nitrogens with one attached hydrogen (secondary N) is 2. The first-order valence-electron chi connectivity index (χ1n) is 10.9. The number of aryl methyl sites for hydroxylation is 1. The molecular weight excluding hydrogens is 376 g/mol. The van der Waals surface area contributed by atoms with Gasteiger partial charge in [-0.05, 0) is 61.9 Å². The van der Waals surface area contributed by atoms with E-state index in [1.807, 2.05) is 43.3 Å². The minimum absolute atomic E-state index is 0.0232. The highest BCUT2D eigenvalue weighted by molar-refractivity contribution is 5.91. The Hall–Kier alpha value is -2.82. The molecule has 0 saturated heterocycles. The van der Waals surface area contributed by atoms with Crippen LogP contribution >= 0.6 is 0 Å². The molecule has 1 aliphatic heterocycles. The maximum atomic E-state index is 12.7. The number of carbonyl (C=O) groups excluding carboxylic acids is 2. The van der Waals surface area contributed by atoms with Crippen molar-refractivity contribution in [3.63, 3.8) is 0 Å². The van der Waals surface area contributed by atoms with E-state index in [-0.39, 0.29) is 23.8 Å². The van der Waals surface area contributed by atoms with Crippen molar-refractivity contribution in [3.8, 4) is 5.75 Å². The van der Waals surface area contributed by atoms with Crippen LogP contribution in [0.5, 0.6) is 5.75 Å². The largest absolute Gasteiger partial charge is 0.492 e. The van der Waals surface area contributed by atoms with Gasteiger partial charge in [0.25, 0.3) is 0 Å².